The molecule has 7 heteroatoms. The summed E-state index contributed by atoms with van der Waals surface area (Å²) < 4.78 is 0. The zero-order chi connectivity index (χ0) is 20.1. The first-order valence-corrected chi connectivity index (χ1v) is 12.1. The third-order valence-corrected chi connectivity index (χ3v) is 8.63. The number of fused-ring (bicyclic) bond motifs is 4. The minimum absolute atomic E-state index is 0.165. The van der Waals surface area contributed by atoms with Crippen molar-refractivity contribution in [2.24, 2.45) is 11.8 Å². The number of rotatable bonds is 2. The van der Waals surface area contributed by atoms with Crippen molar-refractivity contribution in [2.75, 3.05) is 32.7 Å². The Balaban J connectivity index is 1.20. The first-order valence-electron chi connectivity index (χ1n) is 11.3. The number of hydrogen-bond acceptors (Lipinski definition) is 5. The highest BCUT2D eigenvalue weighted by Gasteiger charge is 2.45. The van der Waals surface area contributed by atoms with E-state index in [2.05, 4.69) is 14.8 Å². The number of carbonyl (C=O) groups excluding carboxylic acids is 2. The molecule has 4 aliphatic rings. The quantitative estimate of drug-likeness (QED) is 0.744. The molecule has 4 fully saturated rings. The molecule has 2 bridgehead atoms. The van der Waals surface area contributed by atoms with E-state index in [1.807, 2.05) is 18.7 Å². The van der Waals surface area contributed by atoms with Gasteiger partial charge < -0.3 is 9.80 Å². The van der Waals surface area contributed by atoms with E-state index < -0.39 is 0 Å². The molecule has 4 aliphatic heterocycles. The average molecular weight is 417 g/mol. The zero-order valence-electron chi connectivity index (χ0n) is 17.6. The molecule has 158 valence electrons. The Morgan fingerprint density at radius 2 is 1.90 bits per heavy atom. The monoisotopic (exact) mass is 416 g/mol. The second kappa shape index (κ2) is 7.65. The van der Waals surface area contributed by atoms with E-state index in [0.717, 1.165) is 74.0 Å². The zero-order valence-corrected chi connectivity index (χ0v) is 18.4. The van der Waals surface area contributed by atoms with Gasteiger partial charge in [-0.1, -0.05) is 0 Å². The molecule has 5 heterocycles. The van der Waals surface area contributed by atoms with Gasteiger partial charge in [0, 0.05) is 51.2 Å². The van der Waals surface area contributed by atoms with E-state index in [0.29, 0.717) is 29.8 Å². The molecule has 0 aromatic carbocycles. The summed E-state index contributed by atoms with van der Waals surface area (Å²) in [7, 11) is 0. The van der Waals surface area contributed by atoms with Gasteiger partial charge >= 0.3 is 0 Å². The highest BCUT2D eigenvalue weighted by molar-refractivity contribution is 7.13. The van der Waals surface area contributed by atoms with Crippen molar-refractivity contribution in [3.8, 4) is 0 Å². The van der Waals surface area contributed by atoms with Gasteiger partial charge in [-0.25, -0.2) is 4.98 Å². The Labute approximate surface area is 177 Å². The largest absolute Gasteiger partial charge is 0.339 e. The van der Waals surface area contributed by atoms with Crippen LogP contribution in [0.5, 0.6) is 0 Å². The first kappa shape index (κ1) is 19.5. The minimum atomic E-state index is 0.165. The minimum Gasteiger partial charge on any atom is -0.339 e. The summed E-state index contributed by atoms with van der Waals surface area (Å²) in [6.07, 6.45) is 6.44. The van der Waals surface area contributed by atoms with Crippen LogP contribution in [0.3, 0.4) is 0 Å². The number of nitrogens with zero attached hydrogens (tertiary/aromatic N) is 4. The number of hydrogen-bond donors (Lipinski definition) is 0. The van der Waals surface area contributed by atoms with Gasteiger partial charge in [0.2, 0.25) is 5.91 Å². The van der Waals surface area contributed by atoms with Crippen molar-refractivity contribution in [1.29, 1.82) is 0 Å². The first-order chi connectivity index (χ1) is 14.0. The van der Waals surface area contributed by atoms with E-state index in [1.165, 1.54) is 24.2 Å². The third-order valence-electron chi connectivity index (χ3n) is 7.57. The molecule has 4 saturated heterocycles. The van der Waals surface area contributed by atoms with Crippen molar-refractivity contribution < 1.29 is 9.59 Å². The SMILES string of the molecule is Cc1nc(C)c(C(=O)N2CCC(N3C[C@H]4C[C@H](C3)[C@H]3CCCC(=O)N3C4)CC2)s1. The van der Waals surface area contributed by atoms with Gasteiger partial charge in [0.05, 0.1) is 10.7 Å². The van der Waals surface area contributed by atoms with Gasteiger partial charge in [0.15, 0.2) is 0 Å². The van der Waals surface area contributed by atoms with Crippen molar-refractivity contribution in [2.45, 2.75) is 64.5 Å². The van der Waals surface area contributed by atoms with Crippen LogP contribution >= 0.6 is 11.3 Å². The molecule has 0 N–H and O–H groups in total. The predicted molar refractivity (Wildman–Crippen MR) is 113 cm³/mol. The van der Waals surface area contributed by atoms with E-state index >= 15 is 0 Å². The molecule has 0 spiro atoms. The molecule has 1 aromatic rings. The summed E-state index contributed by atoms with van der Waals surface area (Å²) >= 11 is 1.52. The van der Waals surface area contributed by atoms with Crippen LogP contribution in [0.25, 0.3) is 0 Å². The molecular formula is C22H32N4O2S. The van der Waals surface area contributed by atoms with Crippen LogP contribution in [0.1, 0.15) is 58.9 Å². The molecule has 5 rings (SSSR count). The van der Waals surface area contributed by atoms with Gasteiger partial charge in [-0.05, 0) is 57.8 Å². The summed E-state index contributed by atoms with van der Waals surface area (Å²) in [6.45, 7) is 8.83. The van der Waals surface area contributed by atoms with Crippen LogP contribution in [-0.2, 0) is 4.79 Å². The van der Waals surface area contributed by atoms with Gasteiger partial charge in [-0.3, -0.25) is 14.5 Å². The molecule has 1 aromatic heterocycles. The number of piperidine rings is 4. The maximum atomic E-state index is 12.9. The highest BCUT2D eigenvalue weighted by Crippen LogP contribution is 2.39. The highest BCUT2D eigenvalue weighted by atomic mass is 32.1. The fourth-order valence-corrected chi connectivity index (χ4v) is 7.14. The lowest BCUT2D eigenvalue weighted by Gasteiger charge is -2.54. The maximum Gasteiger partial charge on any atom is 0.265 e. The Bertz CT molecular complexity index is 801. The smallest absolute Gasteiger partial charge is 0.265 e. The fourth-order valence-electron chi connectivity index (χ4n) is 6.25. The van der Waals surface area contributed by atoms with Crippen LogP contribution in [-0.4, -0.2) is 76.3 Å². The Morgan fingerprint density at radius 3 is 2.62 bits per heavy atom. The van der Waals surface area contributed by atoms with E-state index in [9.17, 15) is 9.59 Å². The van der Waals surface area contributed by atoms with Crippen LogP contribution < -0.4 is 0 Å². The fraction of sp³-hybridized carbons (Fsp3) is 0.773. The second-order valence-electron chi connectivity index (χ2n) is 9.49. The van der Waals surface area contributed by atoms with Gasteiger partial charge in [-0.2, -0.15) is 0 Å². The van der Waals surface area contributed by atoms with Crippen molar-refractivity contribution >= 4 is 23.2 Å². The van der Waals surface area contributed by atoms with Crippen molar-refractivity contribution in [3.63, 3.8) is 0 Å². The Hall–Kier alpha value is -1.47. The molecule has 2 amide bonds. The molecule has 3 atom stereocenters. The summed E-state index contributed by atoms with van der Waals surface area (Å²) in [6, 6.07) is 1.06. The van der Waals surface area contributed by atoms with E-state index in [4.69, 9.17) is 0 Å². The molecule has 29 heavy (non-hydrogen) atoms. The predicted octanol–water partition coefficient (Wildman–Crippen LogP) is 2.70. The standard InChI is InChI=1S/C22H32N4O2S/c1-14-21(29-15(2)23-14)22(28)24-8-6-18(7-9-24)25-11-16-10-17(13-25)19-4-3-5-20(27)26(19)12-16/h16-19H,3-13H2,1-2H3/t16-,17-,19-/m1/s1. The molecule has 6 nitrogen and oxygen atoms in total. The summed E-state index contributed by atoms with van der Waals surface area (Å²) in [5, 5.41) is 0.968. The Morgan fingerprint density at radius 1 is 1.10 bits per heavy atom. The molecule has 0 saturated carbocycles. The summed E-state index contributed by atoms with van der Waals surface area (Å²) in [4.78, 5) is 37.5. The third kappa shape index (κ3) is 3.61. The normalized spacial score (nSPS) is 31.1. The van der Waals surface area contributed by atoms with Crippen LogP contribution in [0.15, 0.2) is 0 Å². The van der Waals surface area contributed by atoms with Crippen LogP contribution in [0.2, 0.25) is 0 Å². The van der Waals surface area contributed by atoms with Crippen LogP contribution in [0, 0.1) is 25.7 Å². The number of aryl methyl sites for hydroxylation is 2. The molecule has 0 aliphatic carbocycles. The Kier molecular flexibility index (Phi) is 5.14. The maximum absolute atomic E-state index is 12.9. The summed E-state index contributed by atoms with van der Waals surface area (Å²) in [5.41, 5.74) is 0.870. The number of thiazole rings is 1. The molecular weight excluding hydrogens is 384 g/mol. The number of aromatic nitrogens is 1. The van der Waals surface area contributed by atoms with Crippen molar-refractivity contribution in [3.05, 3.63) is 15.6 Å². The average Bonchev–Trinajstić information content (AvgIpc) is 3.06. The lowest BCUT2D eigenvalue weighted by Crippen LogP contribution is -2.62. The lowest BCUT2D eigenvalue weighted by atomic mass is 9.75. The van der Waals surface area contributed by atoms with Crippen molar-refractivity contribution in [1.82, 2.24) is 19.7 Å². The number of carbonyl (C=O) groups is 2. The topological polar surface area (TPSA) is 56.8 Å². The van der Waals surface area contributed by atoms with E-state index in [-0.39, 0.29) is 5.91 Å². The number of likely N-dealkylation sites (tertiary alicyclic amines) is 2. The molecule has 0 unspecified atom stereocenters. The lowest BCUT2D eigenvalue weighted by molar-refractivity contribution is -0.145. The summed E-state index contributed by atoms with van der Waals surface area (Å²) in [5.74, 6) is 1.84. The van der Waals surface area contributed by atoms with Crippen LogP contribution in [0.4, 0.5) is 0 Å². The second-order valence-corrected chi connectivity index (χ2v) is 10.7. The van der Waals surface area contributed by atoms with E-state index in [1.54, 1.807) is 0 Å². The van der Waals surface area contributed by atoms with Gasteiger partial charge in [0.1, 0.15) is 4.88 Å². The molecule has 0 radical (unpaired) electrons. The van der Waals surface area contributed by atoms with Gasteiger partial charge in [0.25, 0.3) is 5.91 Å². The number of amides is 2. The van der Waals surface area contributed by atoms with Gasteiger partial charge in [-0.15, -0.1) is 11.3 Å².